The summed E-state index contributed by atoms with van der Waals surface area (Å²) >= 11 is 0. The fourth-order valence-corrected chi connectivity index (χ4v) is 2.74. The third-order valence-electron chi connectivity index (χ3n) is 4.16. The van der Waals surface area contributed by atoms with Crippen LogP contribution in [0.3, 0.4) is 0 Å². The molecule has 1 aromatic carbocycles. The Balaban J connectivity index is 1.82. The van der Waals surface area contributed by atoms with Gasteiger partial charge in [0.2, 0.25) is 0 Å². The molecular formula is C16H24N2O2. The highest BCUT2D eigenvalue weighted by Gasteiger charge is 2.20. The average molecular weight is 276 g/mol. The van der Waals surface area contributed by atoms with Crippen LogP contribution >= 0.6 is 0 Å². The normalized spacial score (nSPS) is 22.4. The van der Waals surface area contributed by atoms with E-state index >= 15 is 0 Å². The van der Waals surface area contributed by atoms with Crippen molar-refractivity contribution in [1.29, 1.82) is 0 Å². The van der Waals surface area contributed by atoms with E-state index in [1.54, 1.807) is 0 Å². The Kier molecular flexibility index (Phi) is 5.01. The number of benzene rings is 1. The van der Waals surface area contributed by atoms with E-state index in [4.69, 9.17) is 0 Å². The van der Waals surface area contributed by atoms with Gasteiger partial charge in [-0.15, -0.1) is 0 Å². The molecular weight excluding hydrogens is 252 g/mol. The lowest BCUT2D eigenvalue weighted by molar-refractivity contribution is 0.101. The van der Waals surface area contributed by atoms with E-state index in [9.17, 15) is 9.90 Å². The lowest BCUT2D eigenvalue weighted by atomic mass is 9.87. The van der Waals surface area contributed by atoms with Gasteiger partial charge in [0.05, 0.1) is 6.10 Å². The van der Waals surface area contributed by atoms with E-state index in [0.29, 0.717) is 12.5 Å². The number of aliphatic hydroxyl groups excluding tert-OH is 1. The van der Waals surface area contributed by atoms with Crippen LogP contribution in [0.25, 0.3) is 0 Å². The lowest BCUT2D eigenvalue weighted by Crippen LogP contribution is -2.35. The van der Waals surface area contributed by atoms with Gasteiger partial charge in [0.1, 0.15) is 0 Å². The first-order valence-corrected chi connectivity index (χ1v) is 7.35. The summed E-state index contributed by atoms with van der Waals surface area (Å²) in [6.45, 7) is 4.66. The number of rotatable bonds is 3. The Labute approximate surface area is 120 Å². The van der Waals surface area contributed by atoms with Gasteiger partial charge < -0.3 is 15.7 Å². The van der Waals surface area contributed by atoms with Gasteiger partial charge in [-0.2, -0.15) is 0 Å². The van der Waals surface area contributed by atoms with E-state index in [1.165, 1.54) is 5.56 Å². The van der Waals surface area contributed by atoms with E-state index in [2.05, 4.69) is 10.6 Å². The Hall–Kier alpha value is -1.55. The van der Waals surface area contributed by atoms with Gasteiger partial charge in [0, 0.05) is 12.2 Å². The van der Waals surface area contributed by atoms with Crippen molar-refractivity contribution >= 4 is 11.7 Å². The minimum atomic E-state index is -0.197. The van der Waals surface area contributed by atoms with Gasteiger partial charge in [-0.3, -0.25) is 0 Å². The average Bonchev–Trinajstić information content (AvgIpc) is 2.42. The second-order valence-electron chi connectivity index (χ2n) is 5.77. The van der Waals surface area contributed by atoms with Crippen LogP contribution in [0, 0.1) is 19.8 Å². The fraction of sp³-hybridized carbons (Fsp3) is 0.562. The van der Waals surface area contributed by atoms with E-state index < -0.39 is 0 Å². The van der Waals surface area contributed by atoms with Crippen LogP contribution < -0.4 is 10.6 Å². The topological polar surface area (TPSA) is 61.4 Å². The molecule has 3 N–H and O–H groups in total. The largest absolute Gasteiger partial charge is 0.393 e. The number of hydrogen-bond donors (Lipinski definition) is 3. The molecule has 2 unspecified atom stereocenters. The van der Waals surface area contributed by atoms with Gasteiger partial charge in [-0.25, -0.2) is 4.79 Å². The number of amides is 2. The summed E-state index contributed by atoms with van der Waals surface area (Å²) in [5, 5.41) is 15.4. The molecule has 0 aromatic heterocycles. The van der Waals surface area contributed by atoms with Crippen molar-refractivity contribution in [2.24, 2.45) is 5.92 Å². The number of carbonyl (C=O) groups excluding carboxylic acids is 1. The first-order chi connectivity index (χ1) is 9.56. The zero-order chi connectivity index (χ0) is 14.5. The summed E-state index contributed by atoms with van der Waals surface area (Å²) in [6, 6.07) is 5.71. The van der Waals surface area contributed by atoms with Crippen LogP contribution in [0.4, 0.5) is 10.5 Å². The van der Waals surface area contributed by atoms with Crippen LogP contribution in [0.1, 0.15) is 36.8 Å². The smallest absolute Gasteiger partial charge is 0.319 e. The Morgan fingerprint density at radius 1 is 1.35 bits per heavy atom. The highest BCUT2D eigenvalue weighted by Crippen LogP contribution is 2.23. The molecule has 4 heteroatoms. The number of anilines is 1. The minimum Gasteiger partial charge on any atom is -0.393 e. The maximum Gasteiger partial charge on any atom is 0.319 e. The number of carbonyl (C=O) groups is 1. The number of aliphatic hydroxyl groups is 1. The maximum absolute atomic E-state index is 11.9. The van der Waals surface area contributed by atoms with E-state index in [1.807, 2.05) is 32.0 Å². The summed E-state index contributed by atoms with van der Waals surface area (Å²) < 4.78 is 0. The monoisotopic (exact) mass is 276 g/mol. The first-order valence-electron chi connectivity index (χ1n) is 7.35. The molecule has 0 bridgehead atoms. The molecule has 1 fully saturated rings. The van der Waals surface area contributed by atoms with Crippen molar-refractivity contribution in [2.45, 2.75) is 45.6 Å². The molecule has 20 heavy (non-hydrogen) atoms. The second-order valence-corrected chi connectivity index (χ2v) is 5.77. The van der Waals surface area contributed by atoms with Crippen LogP contribution in [0.15, 0.2) is 18.2 Å². The summed E-state index contributed by atoms with van der Waals surface area (Å²) in [4.78, 5) is 11.9. The highest BCUT2D eigenvalue weighted by atomic mass is 16.3. The van der Waals surface area contributed by atoms with Crippen LogP contribution in [0.5, 0.6) is 0 Å². The van der Waals surface area contributed by atoms with Crippen molar-refractivity contribution in [3.8, 4) is 0 Å². The summed E-state index contributed by atoms with van der Waals surface area (Å²) in [5.41, 5.74) is 3.11. The molecule has 1 aromatic rings. The number of hydrogen-bond acceptors (Lipinski definition) is 2. The Morgan fingerprint density at radius 2 is 2.15 bits per heavy atom. The molecule has 1 saturated carbocycles. The molecule has 2 amide bonds. The van der Waals surface area contributed by atoms with Crippen LogP contribution in [0.2, 0.25) is 0 Å². The quantitative estimate of drug-likeness (QED) is 0.795. The molecule has 2 atom stereocenters. The van der Waals surface area contributed by atoms with Gasteiger partial charge in [-0.1, -0.05) is 18.6 Å². The Morgan fingerprint density at radius 3 is 2.90 bits per heavy atom. The van der Waals surface area contributed by atoms with Crippen molar-refractivity contribution < 1.29 is 9.90 Å². The lowest BCUT2D eigenvalue weighted by Gasteiger charge is -2.26. The highest BCUT2D eigenvalue weighted by molar-refractivity contribution is 5.90. The van der Waals surface area contributed by atoms with Gasteiger partial charge in [0.15, 0.2) is 0 Å². The summed E-state index contributed by atoms with van der Waals surface area (Å²) in [6.07, 6.45) is 3.62. The molecule has 1 aliphatic carbocycles. The van der Waals surface area contributed by atoms with Crippen molar-refractivity contribution in [3.05, 3.63) is 29.3 Å². The summed E-state index contributed by atoms with van der Waals surface area (Å²) in [5.74, 6) is 0.392. The molecule has 0 heterocycles. The molecule has 110 valence electrons. The zero-order valence-corrected chi connectivity index (χ0v) is 12.3. The summed E-state index contributed by atoms with van der Waals surface area (Å²) in [7, 11) is 0. The van der Waals surface area contributed by atoms with Gasteiger partial charge >= 0.3 is 6.03 Å². The van der Waals surface area contributed by atoms with E-state index in [-0.39, 0.29) is 12.1 Å². The zero-order valence-electron chi connectivity index (χ0n) is 12.3. The second kappa shape index (κ2) is 6.75. The molecule has 4 nitrogen and oxygen atoms in total. The number of urea groups is 1. The minimum absolute atomic E-state index is 0.168. The van der Waals surface area contributed by atoms with Crippen molar-refractivity contribution in [2.75, 3.05) is 11.9 Å². The molecule has 1 aliphatic rings. The third-order valence-corrected chi connectivity index (χ3v) is 4.16. The predicted molar refractivity (Wildman–Crippen MR) is 80.9 cm³/mol. The number of nitrogens with one attached hydrogen (secondary N) is 2. The molecule has 0 saturated heterocycles. The van der Waals surface area contributed by atoms with Crippen molar-refractivity contribution in [1.82, 2.24) is 5.32 Å². The SMILES string of the molecule is Cc1cccc(NC(=O)NCC2CCCC(O)C2)c1C. The molecule has 0 aliphatic heterocycles. The van der Waals surface area contributed by atoms with Gasteiger partial charge in [0.25, 0.3) is 0 Å². The third kappa shape index (κ3) is 3.97. The van der Waals surface area contributed by atoms with Gasteiger partial charge in [-0.05, 0) is 56.2 Å². The molecule has 0 radical (unpaired) electrons. The number of aryl methyl sites for hydroxylation is 1. The fourth-order valence-electron chi connectivity index (χ4n) is 2.74. The maximum atomic E-state index is 11.9. The standard InChI is InChI=1S/C16H24N2O2/c1-11-5-3-8-15(12(11)2)18-16(20)17-10-13-6-4-7-14(19)9-13/h3,5,8,13-14,19H,4,6-7,9-10H2,1-2H3,(H2,17,18,20). The molecule has 0 spiro atoms. The Bertz CT molecular complexity index is 474. The molecule has 2 rings (SSSR count). The van der Waals surface area contributed by atoms with Crippen molar-refractivity contribution in [3.63, 3.8) is 0 Å². The van der Waals surface area contributed by atoms with Crippen LogP contribution in [-0.2, 0) is 0 Å². The predicted octanol–water partition coefficient (Wildman–Crippen LogP) is 2.98. The van der Waals surface area contributed by atoms with Crippen LogP contribution in [-0.4, -0.2) is 23.8 Å². The van der Waals surface area contributed by atoms with E-state index in [0.717, 1.165) is 36.9 Å². The first kappa shape index (κ1) is 14.9.